The molecule has 0 amide bonds. The largest absolute Gasteiger partial charge is 0.497 e. The Morgan fingerprint density at radius 3 is 2.65 bits per heavy atom. The molecule has 2 fully saturated rings. The topological polar surface area (TPSA) is 35.5 Å². The molecule has 1 aromatic rings. The van der Waals surface area contributed by atoms with Gasteiger partial charge >= 0.3 is 0 Å². The number of fused-ring (bicyclic) bond motifs is 3. The Hall–Kier alpha value is -1.35. The molecule has 0 unspecified atom stereocenters. The minimum Gasteiger partial charge on any atom is -0.497 e. The maximum atomic E-state index is 13.4. The van der Waals surface area contributed by atoms with Crippen molar-refractivity contribution in [2.24, 2.45) is 17.3 Å². The first-order valence-corrected chi connectivity index (χ1v) is 8.68. The normalized spacial score (nSPS) is 37.0. The van der Waals surface area contributed by atoms with Gasteiger partial charge in [-0.25, -0.2) is 0 Å². The molecule has 3 atom stereocenters. The van der Waals surface area contributed by atoms with E-state index in [9.17, 15) is 4.79 Å². The van der Waals surface area contributed by atoms with Gasteiger partial charge < -0.3 is 9.47 Å². The molecule has 2 bridgehead atoms. The molecule has 1 saturated carbocycles. The van der Waals surface area contributed by atoms with Gasteiger partial charge in [-0.3, -0.25) is 4.79 Å². The number of benzene rings is 1. The van der Waals surface area contributed by atoms with Gasteiger partial charge in [-0.05, 0) is 54.2 Å². The predicted octanol–water partition coefficient (Wildman–Crippen LogP) is 4.34. The number of carbonyl (C=O) groups is 1. The monoisotopic (exact) mass is 314 g/mol. The Bertz CT molecular complexity index is 690. The molecule has 124 valence electrons. The van der Waals surface area contributed by atoms with Crippen molar-refractivity contribution in [3.8, 4) is 5.75 Å². The Morgan fingerprint density at radius 1 is 1.26 bits per heavy atom. The van der Waals surface area contributed by atoms with Crippen molar-refractivity contribution in [3.05, 3.63) is 29.3 Å². The molecule has 2 aliphatic heterocycles. The van der Waals surface area contributed by atoms with Crippen LogP contribution >= 0.6 is 0 Å². The lowest BCUT2D eigenvalue weighted by Crippen LogP contribution is -2.49. The van der Waals surface area contributed by atoms with Gasteiger partial charge in [0.05, 0.1) is 12.7 Å². The van der Waals surface area contributed by atoms with Gasteiger partial charge in [-0.1, -0.05) is 33.8 Å². The first-order valence-electron chi connectivity index (χ1n) is 8.68. The van der Waals surface area contributed by atoms with Crippen LogP contribution in [0.5, 0.6) is 5.75 Å². The molecule has 3 aliphatic rings. The summed E-state index contributed by atoms with van der Waals surface area (Å²) in [5.74, 6) is 1.59. The smallest absolute Gasteiger partial charge is 0.195 e. The van der Waals surface area contributed by atoms with E-state index < -0.39 is 5.60 Å². The summed E-state index contributed by atoms with van der Waals surface area (Å²) in [5, 5.41) is 0. The molecule has 23 heavy (non-hydrogen) atoms. The lowest BCUT2D eigenvalue weighted by molar-refractivity contribution is -0.126. The van der Waals surface area contributed by atoms with Crippen LogP contribution in [0.1, 0.15) is 62.9 Å². The van der Waals surface area contributed by atoms with Crippen molar-refractivity contribution in [2.75, 3.05) is 7.11 Å². The van der Waals surface area contributed by atoms with Crippen LogP contribution < -0.4 is 4.74 Å². The van der Waals surface area contributed by atoms with E-state index in [2.05, 4.69) is 27.7 Å². The highest BCUT2D eigenvalue weighted by Gasteiger charge is 2.69. The molecule has 3 nitrogen and oxygen atoms in total. The number of rotatable bonds is 2. The molecule has 2 heterocycles. The van der Waals surface area contributed by atoms with E-state index in [1.165, 1.54) is 0 Å². The first-order chi connectivity index (χ1) is 10.7. The van der Waals surface area contributed by atoms with Crippen molar-refractivity contribution in [2.45, 2.75) is 58.2 Å². The second kappa shape index (κ2) is 4.38. The number of ether oxygens (including phenoxy) is 2. The number of methoxy groups -OCH3 is 1. The van der Waals surface area contributed by atoms with Crippen LogP contribution in [0.2, 0.25) is 0 Å². The van der Waals surface area contributed by atoms with Gasteiger partial charge in [-0.15, -0.1) is 0 Å². The first kappa shape index (κ1) is 15.2. The van der Waals surface area contributed by atoms with Crippen LogP contribution in [-0.4, -0.2) is 18.5 Å². The number of hydrogen-bond acceptors (Lipinski definition) is 3. The highest BCUT2D eigenvalue weighted by molar-refractivity contribution is 6.06. The fourth-order valence-electron chi connectivity index (χ4n) is 5.43. The lowest BCUT2D eigenvalue weighted by atomic mass is 9.75. The zero-order chi connectivity index (χ0) is 16.6. The molecule has 0 N–H and O–H groups in total. The Morgan fingerprint density at radius 2 is 2.00 bits per heavy atom. The van der Waals surface area contributed by atoms with Crippen molar-refractivity contribution in [1.82, 2.24) is 0 Å². The summed E-state index contributed by atoms with van der Waals surface area (Å²) in [5.41, 5.74) is 1.12. The van der Waals surface area contributed by atoms with E-state index in [1.54, 1.807) is 7.11 Å². The maximum Gasteiger partial charge on any atom is 0.195 e. The molecular weight excluding hydrogens is 288 g/mol. The highest BCUT2D eigenvalue weighted by Crippen LogP contribution is 2.66. The minimum absolute atomic E-state index is 0.167. The summed E-state index contributed by atoms with van der Waals surface area (Å²) in [6, 6.07) is 5.92. The van der Waals surface area contributed by atoms with Gasteiger partial charge in [0.25, 0.3) is 0 Å². The SMILES string of the molecule is COc1ccc2c(c1)C(=O)[C@@]13CC(C)(C)C[C@@H]1C[C@]2(C(C)C)O3. The average molecular weight is 314 g/mol. The molecule has 3 heteroatoms. The molecule has 1 aliphatic carbocycles. The van der Waals surface area contributed by atoms with Gasteiger partial charge in [0.1, 0.15) is 11.4 Å². The van der Waals surface area contributed by atoms with Crippen LogP contribution in [0.4, 0.5) is 0 Å². The van der Waals surface area contributed by atoms with Gasteiger partial charge in [0.2, 0.25) is 0 Å². The van der Waals surface area contributed by atoms with E-state index in [0.29, 0.717) is 11.8 Å². The van der Waals surface area contributed by atoms with Crippen LogP contribution in [0.25, 0.3) is 0 Å². The third kappa shape index (κ3) is 1.77. The van der Waals surface area contributed by atoms with Crippen molar-refractivity contribution < 1.29 is 14.3 Å². The molecular formula is C20H26O3. The van der Waals surface area contributed by atoms with E-state index in [1.807, 2.05) is 18.2 Å². The van der Waals surface area contributed by atoms with E-state index in [-0.39, 0.29) is 16.8 Å². The summed E-state index contributed by atoms with van der Waals surface area (Å²) in [6.45, 7) is 8.94. The quantitative estimate of drug-likeness (QED) is 0.814. The average Bonchev–Trinajstić information content (AvgIpc) is 2.90. The van der Waals surface area contributed by atoms with Gasteiger partial charge in [-0.2, -0.15) is 0 Å². The zero-order valence-electron chi connectivity index (χ0n) is 14.7. The van der Waals surface area contributed by atoms with Crippen molar-refractivity contribution in [3.63, 3.8) is 0 Å². The molecule has 1 saturated heterocycles. The van der Waals surface area contributed by atoms with E-state index in [0.717, 1.165) is 36.1 Å². The highest BCUT2D eigenvalue weighted by atomic mass is 16.5. The zero-order valence-corrected chi connectivity index (χ0v) is 14.7. The van der Waals surface area contributed by atoms with Crippen molar-refractivity contribution >= 4 is 5.78 Å². The summed E-state index contributed by atoms with van der Waals surface area (Å²) in [4.78, 5) is 13.4. The third-order valence-corrected chi connectivity index (χ3v) is 6.36. The van der Waals surface area contributed by atoms with Crippen LogP contribution in [-0.2, 0) is 10.3 Å². The summed E-state index contributed by atoms with van der Waals surface area (Å²) in [6.07, 6.45) is 2.85. The number of ketones is 1. The standard InChI is InChI=1S/C20H26O3/c1-12(2)19-10-13-9-18(3,4)11-20(13,23-19)17(21)15-8-14(22-5)6-7-16(15)19/h6-8,12-13H,9-11H2,1-5H3/t13-,19-,20-/m1/s1. The van der Waals surface area contributed by atoms with Crippen molar-refractivity contribution in [1.29, 1.82) is 0 Å². The minimum atomic E-state index is -0.618. The lowest BCUT2D eigenvalue weighted by Gasteiger charge is -2.43. The summed E-state index contributed by atoms with van der Waals surface area (Å²) >= 11 is 0. The maximum absolute atomic E-state index is 13.4. The molecule has 4 rings (SSSR count). The molecule has 0 radical (unpaired) electrons. The number of hydrogen-bond donors (Lipinski definition) is 0. The predicted molar refractivity (Wildman–Crippen MR) is 88.8 cm³/mol. The molecule has 1 aromatic carbocycles. The van der Waals surface area contributed by atoms with Gasteiger partial charge in [0, 0.05) is 5.56 Å². The molecule has 1 spiro atoms. The van der Waals surface area contributed by atoms with Crippen LogP contribution in [0.3, 0.4) is 0 Å². The second-order valence-electron chi connectivity index (χ2n) is 8.72. The fraction of sp³-hybridized carbons (Fsp3) is 0.650. The Balaban J connectivity index is 1.94. The van der Waals surface area contributed by atoms with E-state index in [4.69, 9.17) is 9.47 Å². The number of carbonyl (C=O) groups excluding carboxylic acids is 1. The van der Waals surface area contributed by atoms with Crippen LogP contribution in [0.15, 0.2) is 18.2 Å². The summed E-state index contributed by atoms with van der Waals surface area (Å²) in [7, 11) is 1.65. The molecule has 0 aromatic heterocycles. The Labute approximate surface area is 138 Å². The second-order valence-corrected chi connectivity index (χ2v) is 8.72. The number of Topliss-reactive ketones (excluding diaryl/α,β-unsaturated/α-hetero) is 1. The Kier molecular flexibility index (Phi) is 2.90. The summed E-state index contributed by atoms with van der Waals surface area (Å²) < 4.78 is 12.1. The van der Waals surface area contributed by atoms with E-state index >= 15 is 0 Å². The van der Waals surface area contributed by atoms with Crippen LogP contribution in [0, 0.1) is 17.3 Å². The van der Waals surface area contributed by atoms with Gasteiger partial charge in [0.15, 0.2) is 5.78 Å². The third-order valence-electron chi connectivity index (χ3n) is 6.36. The fourth-order valence-corrected chi connectivity index (χ4v) is 5.43.